The lowest BCUT2D eigenvalue weighted by Gasteiger charge is -2.15. The van der Waals surface area contributed by atoms with Gasteiger partial charge in [0.25, 0.3) is 0 Å². The van der Waals surface area contributed by atoms with Crippen molar-refractivity contribution in [1.82, 2.24) is 0 Å². The van der Waals surface area contributed by atoms with Crippen LogP contribution in [-0.2, 0) is 12.8 Å². The number of carboxylic acid groups (broad SMARTS) is 2. The van der Waals surface area contributed by atoms with E-state index in [-0.39, 0.29) is 23.1 Å². The number of halogens is 2. The maximum atomic E-state index is 14.5. The first kappa shape index (κ1) is 18.6. The van der Waals surface area contributed by atoms with Crippen LogP contribution in [0.25, 0.3) is 0 Å². The van der Waals surface area contributed by atoms with Crippen LogP contribution < -0.4 is 0 Å². The Bertz CT molecular complexity index is 830. The molecule has 0 radical (unpaired) electrons. The number of aromatic carboxylic acids is 2. The van der Waals surface area contributed by atoms with Gasteiger partial charge in [-0.3, -0.25) is 0 Å². The van der Waals surface area contributed by atoms with Crippen molar-refractivity contribution in [3.8, 4) is 0 Å². The Labute approximate surface area is 143 Å². The first-order valence-corrected chi connectivity index (χ1v) is 7.81. The van der Waals surface area contributed by atoms with Crippen LogP contribution >= 0.6 is 0 Å². The number of rotatable bonds is 6. The normalized spacial score (nSPS) is 12.0. The molecule has 0 aliphatic heterocycles. The molecule has 1 atom stereocenters. The zero-order chi connectivity index (χ0) is 18.7. The third kappa shape index (κ3) is 4.21. The Balaban J connectivity index is 2.41. The molecule has 2 aromatic rings. The lowest BCUT2D eigenvalue weighted by Crippen LogP contribution is -2.08. The highest BCUT2D eigenvalue weighted by atomic mass is 19.1. The minimum Gasteiger partial charge on any atom is -0.478 e. The van der Waals surface area contributed by atoms with E-state index in [9.17, 15) is 18.4 Å². The molecule has 4 nitrogen and oxygen atoms in total. The third-order valence-corrected chi connectivity index (χ3v) is 4.11. The molecule has 0 saturated heterocycles. The van der Waals surface area contributed by atoms with Gasteiger partial charge in [0.1, 0.15) is 11.6 Å². The number of benzene rings is 2. The van der Waals surface area contributed by atoms with Gasteiger partial charge in [-0.2, -0.15) is 0 Å². The Kier molecular flexibility index (Phi) is 5.51. The van der Waals surface area contributed by atoms with Crippen LogP contribution in [0.1, 0.15) is 57.2 Å². The van der Waals surface area contributed by atoms with E-state index < -0.39 is 29.5 Å². The summed E-state index contributed by atoms with van der Waals surface area (Å²) in [4.78, 5) is 22.3. The molecular formula is C19H18F2O4. The van der Waals surface area contributed by atoms with Crippen LogP contribution in [0.3, 0.4) is 0 Å². The molecule has 2 aromatic carbocycles. The second kappa shape index (κ2) is 7.42. The summed E-state index contributed by atoms with van der Waals surface area (Å²) in [6.07, 6.45) is 0.472. The van der Waals surface area contributed by atoms with Crippen molar-refractivity contribution in [2.24, 2.45) is 0 Å². The fourth-order valence-electron chi connectivity index (χ4n) is 2.75. The van der Waals surface area contributed by atoms with Crippen LogP contribution in [0.15, 0.2) is 30.3 Å². The number of carboxylic acids is 2. The highest BCUT2D eigenvalue weighted by molar-refractivity contribution is 5.88. The molecule has 0 heterocycles. The SMILES string of the molecule is CCc1cc(C(=O)O)cc(CC(C)c2cc(F)cc(C(=O)O)c2)c1F. The molecule has 0 aliphatic rings. The van der Waals surface area contributed by atoms with Crippen LogP contribution in [0.4, 0.5) is 8.78 Å². The summed E-state index contributed by atoms with van der Waals surface area (Å²) in [7, 11) is 0. The van der Waals surface area contributed by atoms with E-state index >= 15 is 0 Å². The smallest absolute Gasteiger partial charge is 0.335 e. The molecule has 132 valence electrons. The zero-order valence-corrected chi connectivity index (χ0v) is 13.8. The first-order valence-electron chi connectivity index (χ1n) is 7.81. The number of hydrogen-bond donors (Lipinski definition) is 2. The number of aryl methyl sites for hydroxylation is 1. The molecule has 6 heteroatoms. The second-order valence-electron chi connectivity index (χ2n) is 5.95. The van der Waals surface area contributed by atoms with E-state index in [1.165, 1.54) is 24.3 Å². The van der Waals surface area contributed by atoms with Gasteiger partial charge < -0.3 is 10.2 Å². The molecule has 0 spiro atoms. The summed E-state index contributed by atoms with van der Waals surface area (Å²) in [5.41, 5.74) is 0.732. The third-order valence-electron chi connectivity index (χ3n) is 4.11. The zero-order valence-electron chi connectivity index (χ0n) is 13.8. The maximum absolute atomic E-state index is 14.5. The molecule has 0 saturated carbocycles. The Morgan fingerprint density at radius 1 is 0.960 bits per heavy atom. The van der Waals surface area contributed by atoms with E-state index in [2.05, 4.69) is 0 Å². The Morgan fingerprint density at radius 3 is 2.08 bits per heavy atom. The molecule has 2 N–H and O–H groups in total. The van der Waals surface area contributed by atoms with Gasteiger partial charge in [0.05, 0.1) is 11.1 Å². The standard InChI is InChI=1S/C19H18F2O4/c1-3-11-5-14(18(22)23)7-13(17(11)21)4-10(2)12-6-15(19(24)25)9-16(20)8-12/h5-10H,3-4H2,1-2H3,(H,22,23)(H,24,25). The van der Waals surface area contributed by atoms with Gasteiger partial charge in [0.15, 0.2) is 0 Å². The molecule has 0 fully saturated rings. The topological polar surface area (TPSA) is 74.6 Å². The first-order chi connectivity index (χ1) is 11.7. The summed E-state index contributed by atoms with van der Waals surface area (Å²) in [5, 5.41) is 18.2. The largest absolute Gasteiger partial charge is 0.478 e. The Hall–Kier alpha value is -2.76. The fourth-order valence-corrected chi connectivity index (χ4v) is 2.75. The van der Waals surface area contributed by atoms with E-state index in [0.717, 1.165) is 6.07 Å². The van der Waals surface area contributed by atoms with E-state index in [0.29, 0.717) is 17.5 Å². The van der Waals surface area contributed by atoms with Crippen molar-refractivity contribution in [1.29, 1.82) is 0 Å². The molecule has 1 unspecified atom stereocenters. The highest BCUT2D eigenvalue weighted by Gasteiger charge is 2.18. The predicted molar refractivity (Wildman–Crippen MR) is 88.2 cm³/mol. The second-order valence-corrected chi connectivity index (χ2v) is 5.95. The summed E-state index contributed by atoms with van der Waals surface area (Å²) in [5.74, 6) is -3.95. The van der Waals surface area contributed by atoms with Crippen LogP contribution in [0.5, 0.6) is 0 Å². The van der Waals surface area contributed by atoms with Gasteiger partial charge in [-0.05, 0) is 65.8 Å². The predicted octanol–water partition coefficient (Wildman–Crippen LogP) is 4.27. The molecular weight excluding hydrogens is 330 g/mol. The lowest BCUT2D eigenvalue weighted by atomic mass is 9.90. The van der Waals surface area contributed by atoms with Crippen LogP contribution in [0.2, 0.25) is 0 Å². The minimum atomic E-state index is -1.25. The molecule has 2 rings (SSSR count). The molecule has 25 heavy (non-hydrogen) atoms. The minimum absolute atomic E-state index is 0.00841. The van der Waals surface area contributed by atoms with Crippen molar-refractivity contribution < 1.29 is 28.6 Å². The monoisotopic (exact) mass is 348 g/mol. The van der Waals surface area contributed by atoms with E-state index in [1.807, 2.05) is 0 Å². The molecule has 0 bridgehead atoms. The van der Waals surface area contributed by atoms with Crippen LogP contribution in [-0.4, -0.2) is 22.2 Å². The van der Waals surface area contributed by atoms with E-state index in [1.54, 1.807) is 13.8 Å². The van der Waals surface area contributed by atoms with Crippen molar-refractivity contribution in [2.45, 2.75) is 32.6 Å². The quantitative estimate of drug-likeness (QED) is 0.817. The van der Waals surface area contributed by atoms with Crippen molar-refractivity contribution in [2.75, 3.05) is 0 Å². The van der Waals surface area contributed by atoms with Gasteiger partial charge in [-0.15, -0.1) is 0 Å². The maximum Gasteiger partial charge on any atom is 0.335 e. The van der Waals surface area contributed by atoms with E-state index in [4.69, 9.17) is 10.2 Å². The molecule has 0 amide bonds. The van der Waals surface area contributed by atoms with Crippen molar-refractivity contribution in [3.63, 3.8) is 0 Å². The van der Waals surface area contributed by atoms with Gasteiger partial charge in [0, 0.05) is 0 Å². The molecule has 0 aromatic heterocycles. The van der Waals surface area contributed by atoms with Crippen molar-refractivity contribution >= 4 is 11.9 Å². The van der Waals surface area contributed by atoms with Gasteiger partial charge in [0.2, 0.25) is 0 Å². The van der Waals surface area contributed by atoms with Gasteiger partial charge in [-0.25, -0.2) is 18.4 Å². The summed E-state index contributed by atoms with van der Waals surface area (Å²) in [6.45, 7) is 3.43. The summed E-state index contributed by atoms with van der Waals surface area (Å²) in [6, 6.07) is 6.03. The average Bonchev–Trinajstić information content (AvgIpc) is 2.55. The fraction of sp³-hybridized carbons (Fsp3) is 0.263. The average molecular weight is 348 g/mol. The number of carbonyl (C=O) groups is 2. The van der Waals surface area contributed by atoms with Crippen LogP contribution in [0, 0.1) is 11.6 Å². The van der Waals surface area contributed by atoms with Gasteiger partial charge >= 0.3 is 11.9 Å². The summed E-state index contributed by atoms with van der Waals surface area (Å²) < 4.78 is 28.2. The lowest BCUT2D eigenvalue weighted by molar-refractivity contribution is 0.0685. The number of hydrogen-bond acceptors (Lipinski definition) is 2. The summed E-state index contributed by atoms with van der Waals surface area (Å²) >= 11 is 0. The van der Waals surface area contributed by atoms with Gasteiger partial charge in [-0.1, -0.05) is 13.8 Å². The molecule has 0 aliphatic carbocycles. The van der Waals surface area contributed by atoms with Crippen molar-refractivity contribution in [3.05, 3.63) is 69.8 Å². The Morgan fingerprint density at radius 2 is 1.52 bits per heavy atom. The highest BCUT2D eigenvalue weighted by Crippen LogP contribution is 2.26.